The van der Waals surface area contributed by atoms with Gasteiger partial charge in [0.2, 0.25) is 5.91 Å². The van der Waals surface area contributed by atoms with Crippen LogP contribution in [0.15, 0.2) is 83.9 Å². The molecule has 0 bridgehead atoms. The van der Waals surface area contributed by atoms with Crippen molar-refractivity contribution < 1.29 is 27.9 Å². The van der Waals surface area contributed by atoms with Crippen molar-refractivity contribution in [1.29, 1.82) is 0 Å². The van der Waals surface area contributed by atoms with Gasteiger partial charge in [0.25, 0.3) is 15.9 Å². The van der Waals surface area contributed by atoms with Gasteiger partial charge in [0, 0.05) is 30.4 Å². The van der Waals surface area contributed by atoms with E-state index in [1.165, 1.54) is 6.07 Å². The van der Waals surface area contributed by atoms with Crippen molar-refractivity contribution in [1.82, 2.24) is 24.8 Å². The number of benzene rings is 2. The van der Waals surface area contributed by atoms with E-state index in [9.17, 15) is 27.9 Å². The van der Waals surface area contributed by atoms with Gasteiger partial charge in [-0.05, 0) is 42.2 Å². The molecule has 0 aliphatic rings. The van der Waals surface area contributed by atoms with Gasteiger partial charge in [-0.15, -0.1) is 0 Å². The molecule has 2 heterocycles. The highest BCUT2D eigenvalue weighted by Crippen LogP contribution is 2.26. The molecule has 0 aliphatic heterocycles. The monoisotopic (exact) mass is 603 g/mol. The molecule has 1 atom stereocenters. The zero-order chi connectivity index (χ0) is 31.0. The predicted octanol–water partition coefficient (Wildman–Crippen LogP) is 3.59. The summed E-state index contributed by atoms with van der Waals surface area (Å²) in [7, 11) is -4.07. The van der Waals surface area contributed by atoms with Crippen molar-refractivity contribution in [3.63, 3.8) is 0 Å². The Labute approximate surface area is 250 Å². The molecule has 0 saturated carbocycles. The van der Waals surface area contributed by atoms with Crippen LogP contribution in [-0.4, -0.2) is 52.1 Å². The molecule has 12 heteroatoms. The van der Waals surface area contributed by atoms with Crippen LogP contribution in [0.1, 0.15) is 54.0 Å². The number of hydrogen-bond acceptors (Lipinski definition) is 7. The SMILES string of the molecule is CCCc1cc(C(=O)NC(CC(=O)O)Cc2ccccc2)nn1Cc1ccc(-c2ccccc2S(=O)(=O)NC(C)=O)nc1. The lowest BCUT2D eigenvalue weighted by atomic mass is 10.0. The predicted molar refractivity (Wildman–Crippen MR) is 160 cm³/mol. The number of carboxylic acid groups (broad SMARTS) is 1. The highest BCUT2D eigenvalue weighted by Gasteiger charge is 2.22. The van der Waals surface area contributed by atoms with E-state index in [1.54, 1.807) is 47.3 Å². The highest BCUT2D eigenvalue weighted by atomic mass is 32.2. The number of nitrogens with zero attached hydrogens (tertiary/aromatic N) is 3. The maximum atomic E-state index is 13.2. The molecule has 2 amide bonds. The van der Waals surface area contributed by atoms with Crippen LogP contribution in [0, 0.1) is 0 Å². The Hall–Kier alpha value is -4.84. The number of carbonyl (C=O) groups is 3. The molecule has 0 saturated heterocycles. The van der Waals surface area contributed by atoms with Crippen molar-refractivity contribution in [3.8, 4) is 11.3 Å². The first-order valence-corrected chi connectivity index (χ1v) is 15.2. The Morgan fingerprint density at radius 3 is 2.35 bits per heavy atom. The van der Waals surface area contributed by atoms with E-state index < -0.39 is 33.8 Å². The van der Waals surface area contributed by atoms with Gasteiger partial charge in [-0.25, -0.2) is 13.1 Å². The van der Waals surface area contributed by atoms with Gasteiger partial charge in [0.05, 0.1) is 23.6 Å². The molecular formula is C31H33N5O6S. The molecule has 11 nitrogen and oxygen atoms in total. The van der Waals surface area contributed by atoms with Crippen molar-refractivity contribution in [2.75, 3.05) is 0 Å². The van der Waals surface area contributed by atoms with Gasteiger partial charge in [-0.2, -0.15) is 5.10 Å². The first-order chi connectivity index (χ1) is 20.6. The topological polar surface area (TPSA) is 160 Å². The number of aryl methyl sites for hydroxylation is 1. The fourth-order valence-corrected chi connectivity index (χ4v) is 5.92. The summed E-state index contributed by atoms with van der Waals surface area (Å²) in [5, 5.41) is 16.7. The minimum absolute atomic E-state index is 0.0631. The minimum Gasteiger partial charge on any atom is -0.481 e. The molecule has 2 aromatic carbocycles. The van der Waals surface area contributed by atoms with E-state index in [-0.39, 0.29) is 17.0 Å². The smallest absolute Gasteiger partial charge is 0.305 e. The van der Waals surface area contributed by atoms with E-state index in [2.05, 4.69) is 15.4 Å². The zero-order valence-electron chi connectivity index (χ0n) is 23.9. The van der Waals surface area contributed by atoms with Crippen LogP contribution in [0.5, 0.6) is 0 Å². The molecule has 0 spiro atoms. The van der Waals surface area contributed by atoms with Gasteiger partial charge in [-0.3, -0.25) is 24.0 Å². The van der Waals surface area contributed by atoms with Crippen LogP contribution in [0.25, 0.3) is 11.3 Å². The summed E-state index contributed by atoms with van der Waals surface area (Å²) in [6, 6.07) is 20.2. The van der Waals surface area contributed by atoms with Gasteiger partial charge in [0.1, 0.15) is 5.69 Å². The third kappa shape index (κ3) is 8.35. The number of aromatic nitrogens is 3. The fourth-order valence-electron chi connectivity index (χ4n) is 4.71. The summed E-state index contributed by atoms with van der Waals surface area (Å²) in [6.45, 7) is 3.45. The standard InChI is InChI=1S/C31H33N5O6S/c1-3-9-25-18-28(31(40)33-24(17-30(38)39)16-22-10-5-4-6-11-22)34-36(25)20-23-14-15-27(32-19-23)26-12-7-8-13-29(26)43(41,42)35-21(2)37/h4-8,10-15,18-19,24H,3,9,16-17,20H2,1-2H3,(H,33,40)(H,35,37)(H,38,39). The fraction of sp³-hybridized carbons (Fsp3) is 0.258. The van der Waals surface area contributed by atoms with Crippen molar-refractivity contribution in [3.05, 3.63) is 102 Å². The Morgan fingerprint density at radius 1 is 0.977 bits per heavy atom. The second-order valence-corrected chi connectivity index (χ2v) is 11.7. The number of aliphatic carboxylic acids is 1. The van der Waals surface area contributed by atoms with Gasteiger partial charge < -0.3 is 10.4 Å². The Kier molecular flexibility index (Phi) is 10.0. The summed E-state index contributed by atoms with van der Waals surface area (Å²) < 4.78 is 29.1. The molecule has 0 fully saturated rings. The van der Waals surface area contributed by atoms with Crippen LogP contribution in [0.2, 0.25) is 0 Å². The summed E-state index contributed by atoms with van der Waals surface area (Å²) in [6.07, 6.45) is 3.24. The van der Waals surface area contributed by atoms with E-state index in [0.717, 1.165) is 30.2 Å². The maximum absolute atomic E-state index is 13.2. The normalized spacial score (nSPS) is 12.0. The number of pyridine rings is 1. The number of sulfonamides is 1. The number of carbonyl (C=O) groups excluding carboxylic acids is 2. The van der Waals surface area contributed by atoms with Gasteiger partial charge in [-0.1, -0.05) is 67.9 Å². The van der Waals surface area contributed by atoms with Crippen LogP contribution in [0.3, 0.4) is 0 Å². The summed E-state index contributed by atoms with van der Waals surface area (Å²) in [4.78, 5) is 40.5. The average Bonchev–Trinajstić information content (AvgIpc) is 3.35. The van der Waals surface area contributed by atoms with Crippen LogP contribution < -0.4 is 10.0 Å². The molecule has 43 heavy (non-hydrogen) atoms. The molecule has 2 aromatic heterocycles. The lowest BCUT2D eigenvalue weighted by molar-refractivity contribution is -0.137. The molecule has 0 aliphatic carbocycles. The van der Waals surface area contributed by atoms with Gasteiger partial charge in [0.15, 0.2) is 0 Å². The lowest BCUT2D eigenvalue weighted by Crippen LogP contribution is -2.38. The van der Waals surface area contributed by atoms with E-state index in [4.69, 9.17) is 0 Å². The third-order valence-corrected chi connectivity index (χ3v) is 8.06. The minimum atomic E-state index is -4.07. The quantitative estimate of drug-likeness (QED) is 0.209. The van der Waals surface area contributed by atoms with Gasteiger partial charge >= 0.3 is 5.97 Å². The van der Waals surface area contributed by atoms with E-state index in [1.807, 2.05) is 42.0 Å². The largest absolute Gasteiger partial charge is 0.481 e. The Balaban J connectivity index is 1.53. The third-order valence-electron chi connectivity index (χ3n) is 6.57. The van der Waals surface area contributed by atoms with Crippen molar-refractivity contribution in [2.24, 2.45) is 0 Å². The van der Waals surface area contributed by atoms with Crippen LogP contribution in [-0.2, 0) is 39.0 Å². The first kappa shape index (κ1) is 31.1. The van der Waals surface area contributed by atoms with Crippen LogP contribution >= 0.6 is 0 Å². The highest BCUT2D eigenvalue weighted by molar-refractivity contribution is 7.90. The molecule has 224 valence electrons. The Bertz CT molecular complexity index is 1700. The van der Waals surface area contributed by atoms with Crippen LogP contribution in [0.4, 0.5) is 0 Å². The summed E-state index contributed by atoms with van der Waals surface area (Å²) >= 11 is 0. The molecule has 4 aromatic rings. The summed E-state index contributed by atoms with van der Waals surface area (Å²) in [5.41, 5.74) is 3.46. The number of hydrogen-bond donors (Lipinski definition) is 3. The molecule has 1 unspecified atom stereocenters. The molecule has 4 rings (SSSR count). The molecule has 0 radical (unpaired) electrons. The maximum Gasteiger partial charge on any atom is 0.305 e. The Morgan fingerprint density at radius 2 is 1.70 bits per heavy atom. The zero-order valence-corrected chi connectivity index (χ0v) is 24.7. The first-order valence-electron chi connectivity index (χ1n) is 13.8. The van der Waals surface area contributed by atoms with E-state index in [0.29, 0.717) is 30.6 Å². The molecule has 3 N–H and O–H groups in total. The number of carboxylic acids is 1. The van der Waals surface area contributed by atoms with Crippen molar-refractivity contribution >= 4 is 27.8 Å². The lowest BCUT2D eigenvalue weighted by Gasteiger charge is -2.16. The molecular weight excluding hydrogens is 570 g/mol. The number of amides is 2. The number of nitrogens with one attached hydrogen (secondary N) is 2. The average molecular weight is 604 g/mol. The second-order valence-electron chi connectivity index (χ2n) is 10.1. The van der Waals surface area contributed by atoms with Crippen molar-refractivity contribution in [2.45, 2.75) is 57.0 Å². The van der Waals surface area contributed by atoms with E-state index >= 15 is 0 Å². The number of rotatable bonds is 13. The second kappa shape index (κ2) is 13.9. The summed E-state index contributed by atoms with van der Waals surface area (Å²) in [5.74, 6) is -2.16.